The number of rotatable bonds is 5. The van der Waals surface area contributed by atoms with E-state index in [-0.39, 0.29) is 5.70 Å². The van der Waals surface area contributed by atoms with E-state index in [0.29, 0.717) is 27.6 Å². The Morgan fingerprint density at radius 2 is 1.55 bits per heavy atom. The zero-order valence-electron chi connectivity index (χ0n) is 17.4. The van der Waals surface area contributed by atoms with Crippen LogP contribution in [0.25, 0.3) is 5.57 Å². The molecule has 5 nitrogen and oxygen atoms in total. The standard InChI is InChI=1S/C25H21ClN2O3/c1-15-4-13-21(16(2)14-15)27-23-22(17-5-7-18(26)8-6-17)24(29)28(25(23)30)19-9-11-20(31-3)12-10-19/h4-14,27H,1-3H3. The van der Waals surface area contributed by atoms with Crippen LogP contribution in [0.2, 0.25) is 5.02 Å². The van der Waals surface area contributed by atoms with Crippen molar-refractivity contribution in [1.29, 1.82) is 0 Å². The highest BCUT2D eigenvalue weighted by molar-refractivity contribution is 6.46. The van der Waals surface area contributed by atoms with Gasteiger partial charge in [-0.1, -0.05) is 41.4 Å². The van der Waals surface area contributed by atoms with Crippen molar-refractivity contribution in [2.24, 2.45) is 0 Å². The van der Waals surface area contributed by atoms with Crippen LogP contribution in [0.1, 0.15) is 16.7 Å². The van der Waals surface area contributed by atoms with Crippen LogP contribution in [0.3, 0.4) is 0 Å². The van der Waals surface area contributed by atoms with Gasteiger partial charge in [-0.05, 0) is 67.4 Å². The zero-order chi connectivity index (χ0) is 22.1. The van der Waals surface area contributed by atoms with Gasteiger partial charge in [-0.2, -0.15) is 0 Å². The average molecular weight is 433 g/mol. The van der Waals surface area contributed by atoms with Gasteiger partial charge in [0.15, 0.2) is 0 Å². The molecule has 0 aliphatic carbocycles. The molecule has 0 saturated heterocycles. The van der Waals surface area contributed by atoms with Crippen LogP contribution in [-0.2, 0) is 9.59 Å². The molecule has 1 aliphatic rings. The first-order valence-electron chi connectivity index (χ1n) is 9.76. The number of nitrogens with one attached hydrogen (secondary N) is 1. The van der Waals surface area contributed by atoms with E-state index in [0.717, 1.165) is 16.8 Å². The Bertz CT molecular complexity index is 1200. The molecule has 0 atom stereocenters. The first-order valence-corrected chi connectivity index (χ1v) is 10.1. The fourth-order valence-electron chi connectivity index (χ4n) is 3.58. The highest BCUT2D eigenvalue weighted by Crippen LogP contribution is 2.35. The molecule has 31 heavy (non-hydrogen) atoms. The summed E-state index contributed by atoms with van der Waals surface area (Å²) in [5.74, 6) is -0.174. The molecule has 3 aromatic rings. The Kier molecular flexibility index (Phi) is 5.53. The number of imide groups is 1. The van der Waals surface area contributed by atoms with Crippen LogP contribution in [0.4, 0.5) is 11.4 Å². The number of nitrogens with zero attached hydrogens (tertiary/aromatic N) is 1. The predicted molar refractivity (Wildman–Crippen MR) is 123 cm³/mol. The van der Waals surface area contributed by atoms with Crippen molar-refractivity contribution in [3.8, 4) is 5.75 Å². The van der Waals surface area contributed by atoms with Crippen molar-refractivity contribution in [1.82, 2.24) is 0 Å². The Morgan fingerprint density at radius 3 is 2.16 bits per heavy atom. The van der Waals surface area contributed by atoms with Crippen LogP contribution in [-0.4, -0.2) is 18.9 Å². The van der Waals surface area contributed by atoms with Gasteiger partial charge in [-0.25, -0.2) is 4.90 Å². The van der Waals surface area contributed by atoms with Gasteiger partial charge < -0.3 is 10.1 Å². The monoisotopic (exact) mass is 432 g/mol. The van der Waals surface area contributed by atoms with E-state index in [9.17, 15) is 9.59 Å². The van der Waals surface area contributed by atoms with E-state index in [1.54, 1.807) is 55.6 Å². The van der Waals surface area contributed by atoms with Crippen molar-refractivity contribution >= 4 is 40.4 Å². The third-order valence-electron chi connectivity index (χ3n) is 5.19. The molecular formula is C25H21ClN2O3. The third kappa shape index (κ3) is 3.92. The smallest absolute Gasteiger partial charge is 0.282 e. The van der Waals surface area contributed by atoms with Crippen LogP contribution in [0.5, 0.6) is 5.75 Å². The van der Waals surface area contributed by atoms with Gasteiger partial charge in [-0.15, -0.1) is 0 Å². The lowest BCUT2D eigenvalue weighted by Gasteiger charge is -2.16. The average Bonchev–Trinajstić information content (AvgIpc) is 3.00. The van der Waals surface area contributed by atoms with E-state index in [2.05, 4.69) is 5.32 Å². The molecule has 156 valence electrons. The van der Waals surface area contributed by atoms with Gasteiger partial charge in [0, 0.05) is 10.7 Å². The summed E-state index contributed by atoms with van der Waals surface area (Å²) in [6, 6.07) is 19.6. The second-order valence-electron chi connectivity index (χ2n) is 7.34. The van der Waals surface area contributed by atoms with Crippen LogP contribution in [0.15, 0.2) is 72.4 Å². The fraction of sp³-hybridized carbons (Fsp3) is 0.120. The lowest BCUT2D eigenvalue weighted by atomic mass is 10.0. The Labute approximate surface area is 185 Å². The van der Waals surface area contributed by atoms with Crippen LogP contribution in [0, 0.1) is 13.8 Å². The third-order valence-corrected chi connectivity index (χ3v) is 5.44. The second-order valence-corrected chi connectivity index (χ2v) is 7.78. The maximum absolute atomic E-state index is 13.4. The Morgan fingerprint density at radius 1 is 0.871 bits per heavy atom. The Balaban J connectivity index is 1.81. The lowest BCUT2D eigenvalue weighted by molar-refractivity contribution is -0.120. The van der Waals surface area contributed by atoms with Crippen LogP contribution < -0.4 is 15.0 Å². The van der Waals surface area contributed by atoms with Gasteiger partial charge in [0.1, 0.15) is 11.4 Å². The summed E-state index contributed by atoms with van der Waals surface area (Å²) in [4.78, 5) is 28.0. The summed E-state index contributed by atoms with van der Waals surface area (Å²) in [7, 11) is 1.56. The first-order chi connectivity index (χ1) is 14.9. The number of methoxy groups -OCH3 is 1. The largest absolute Gasteiger partial charge is 0.497 e. The topological polar surface area (TPSA) is 58.6 Å². The number of halogens is 1. The summed E-state index contributed by atoms with van der Waals surface area (Å²) in [6.45, 7) is 3.96. The Hall–Kier alpha value is -3.57. The van der Waals surface area contributed by atoms with Gasteiger partial charge in [0.2, 0.25) is 0 Å². The molecule has 4 rings (SSSR count). The summed E-state index contributed by atoms with van der Waals surface area (Å²) < 4.78 is 5.19. The van der Waals surface area contributed by atoms with Gasteiger partial charge in [0.25, 0.3) is 11.8 Å². The molecular weight excluding hydrogens is 412 g/mol. The molecule has 2 amide bonds. The zero-order valence-corrected chi connectivity index (χ0v) is 18.2. The van der Waals surface area contributed by atoms with Crippen molar-refractivity contribution in [2.75, 3.05) is 17.3 Å². The molecule has 1 heterocycles. The number of carbonyl (C=O) groups excluding carboxylic acids is 2. The molecule has 0 radical (unpaired) electrons. The summed E-state index contributed by atoms with van der Waals surface area (Å²) in [5.41, 5.74) is 4.48. The minimum absolute atomic E-state index is 0.232. The normalized spacial score (nSPS) is 13.7. The molecule has 6 heteroatoms. The van der Waals surface area contributed by atoms with E-state index in [1.165, 1.54) is 4.90 Å². The molecule has 0 fully saturated rings. The van der Waals surface area contributed by atoms with Crippen molar-refractivity contribution < 1.29 is 14.3 Å². The molecule has 0 spiro atoms. The predicted octanol–water partition coefficient (Wildman–Crippen LogP) is 5.36. The van der Waals surface area contributed by atoms with Crippen molar-refractivity contribution in [3.63, 3.8) is 0 Å². The van der Waals surface area contributed by atoms with Gasteiger partial charge in [-0.3, -0.25) is 9.59 Å². The van der Waals surface area contributed by atoms with E-state index >= 15 is 0 Å². The fourth-order valence-corrected chi connectivity index (χ4v) is 3.71. The lowest BCUT2D eigenvalue weighted by Crippen LogP contribution is -2.32. The molecule has 0 aromatic heterocycles. The molecule has 1 aliphatic heterocycles. The SMILES string of the molecule is COc1ccc(N2C(=O)C(Nc3ccc(C)cc3C)=C(c3ccc(Cl)cc3)C2=O)cc1. The van der Waals surface area contributed by atoms with E-state index < -0.39 is 11.8 Å². The number of aryl methyl sites for hydroxylation is 2. The molecule has 3 aromatic carbocycles. The number of hydrogen-bond acceptors (Lipinski definition) is 4. The minimum Gasteiger partial charge on any atom is -0.497 e. The molecule has 0 unspecified atom stereocenters. The van der Waals surface area contributed by atoms with Crippen molar-refractivity contribution in [3.05, 3.63) is 94.1 Å². The minimum atomic E-state index is -0.417. The highest BCUT2D eigenvalue weighted by atomic mass is 35.5. The van der Waals surface area contributed by atoms with Gasteiger partial charge in [0.05, 0.1) is 18.4 Å². The van der Waals surface area contributed by atoms with Crippen molar-refractivity contribution in [2.45, 2.75) is 13.8 Å². The number of ether oxygens (including phenoxy) is 1. The van der Waals surface area contributed by atoms with Crippen LogP contribution >= 0.6 is 11.6 Å². The number of carbonyl (C=O) groups is 2. The summed E-state index contributed by atoms with van der Waals surface area (Å²) >= 11 is 6.03. The first kappa shape index (κ1) is 20.7. The van der Waals surface area contributed by atoms with Gasteiger partial charge >= 0.3 is 0 Å². The second kappa shape index (κ2) is 8.28. The summed E-state index contributed by atoms with van der Waals surface area (Å²) in [6.07, 6.45) is 0. The molecule has 1 N–H and O–H groups in total. The number of hydrogen-bond donors (Lipinski definition) is 1. The molecule has 0 bridgehead atoms. The van der Waals surface area contributed by atoms with E-state index in [4.69, 9.17) is 16.3 Å². The molecule has 0 saturated carbocycles. The summed E-state index contributed by atoms with van der Waals surface area (Å²) in [5, 5.41) is 3.76. The quantitative estimate of drug-likeness (QED) is 0.551. The maximum atomic E-state index is 13.4. The highest BCUT2D eigenvalue weighted by Gasteiger charge is 2.40. The van der Waals surface area contributed by atoms with E-state index in [1.807, 2.05) is 32.0 Å². The number of anilines is 2. The maximum Gasteiger partial charge on any atom is 0.282 e. The number of benzene rings is 3. The number of amides is 2.